The van der Waals surface area contributed by atoms with E-state index in [4.69, 9.17) is 0 Å². The van der Waals surface area contributed by atoms with Gasteiger partial charge in [0.05, 0.1) is 0 Å². The number of phenolic OH excluding ortho intramolecular Hbond substituents is 1. The van der Waals surface area contributed by atoms with Crippen LogP contribution >= 0.6 is 0 Å². The van der Waals surface area contributed by atoms with Gasteiger partial charge in [0, 0.05) is 6.04 Å². The standard InChI is InChI=1S/C20H25NO/c22-20-9-5-4-8-18(20)14-15-21-19-12-10-17(11-13-19)16-6-2-1-3-7-16/h1-9,17,19,21-22H,10-15H2. The molecule has 0 saturated heterocycles. The van der Waals surface area contributed by atoms with Crippen molar-refractivity contribution in [2.75, 3.05) is 6.54 Å². The second kappa shape index (κ2) is 7.46. The van der Waals surface area contributed by atoms with E-state index in [0.717, 1.165) is 24.4 Å². The van der Waals surface area contributed by atoms with Crippen molar-refractivity contribution in [2.24, 2.45) is 0 Å². The summed E-state index contributed by atoms with van der Waals surface area (Å²) in [7, 11) is 0. The molecule has 0 aliphatic heterocycles. The molecule has 0 spiro atoms. The molecule has 3 rings (SSSR count). The van der Waals surface area contributed by atoms with E-state index in [1.807, 2.05) is 18.2 Å². The number of benzene rings is 2. The largest absolute Gasteiger partial charge is 0.508 e. The molecule has 0 radical (unpaired) electrons. The van der Waals surface area contributed by atoms with Crippen LogP contribution in [0, 0.1) is 0 Å². The van der Waals surface area contributed by atoms with Crippen LogP contribution in [0.3, 0.4) is 0 Å². The van der Waals surface area contributed by atoms with Gasteiger partial charge in [-0.2, -0.15) is 0 Å². The normalized spacial score (nSPS) is 21.6. The van der Waals surface area contributed by atoms with Crippen molar-refractivity contribution in [3.8, 4) is 5.75 Å². The average Bonchev–Trinajstić information content (AvgIpc) is 2.58. The van der Waals surface area contributed by atoms with E-state index in [9.17, 15) is 5.11 Å². The molecule has 1 aliphatic rings. The summed E-state index contributed by atoms with van der Waals surface area (Å²) in [5, 5.41) is 13.4. The first kappa shape index (κ1) is 15.1. The van der Waals surface area contributed by atoms with Crippen molar-refractivity contribution in [3.63, 3.8) is 0 Å². The monoisotopic (exact) mass is 295 g/mol. The lowest BCUT2D eigenvalue weighted by Crippen LogP contribution is -2.34. The van der Waals surface area contributed by atoms with Gasteiger partial charge in [0.1, 0.15) is 5.75 Å². The van der Waals surface area contributed by atoms with Crippen LogP contribution in [-0.2, 0) is 6.42 Å². The molecule has 0 amide bonds. The molecule has 2 nitrogen and oxygen atoms in total. The minimum Gasteiger partial charge on any atom is -0.508 e. The van der Waals surface area contributed by atoms with Crippen LogP contribution in [0.5, 0.6) is 5.75 Å². The zero-order valence-corrected chi connectivity index (χ0v) is 13.0. The molecule has 116 valence electrons. The Hall–Kier alpha value is -1.80. The minimum atomic E-state index is 0.414. The van der Waals surface area contributed by atoms with Gasteiger partial charge in [0.25, 0.3) is 0 Å². The first-order valence-corrected chi connectivity index (χ1v) is 8.38. The Bertz CT molecular complexity index is 573. The maximum Gasteiger partial charge on any atom is 0.118 e. The Morgan fingerprint density at radius 1 is 0.864 bits per heavy atom. The number of para-hydroxylation sites is 1. The lowest BCUT2D eigenvalue weighted by Gasteiger charge is -2.29. The molecule has 22 heavy (non-hydrogen) atoms. The van der Waals surface area contributed by atoms with Crippen LogP contribution in [0.15, 0.2) is 54.6 Å². The van der Waals surface area contributed by atoms with Crippen molar-refractivity contribution in [1.82, 2.24) is 5.32 Å². The molecule has 1 fully saturated rings. The van der Waals surface area contributed by atoms with Crippen molar-refractivity contribution < 1.29 is 5.11 Å². The number of hydrogen-bond acceptors (Lipinski definition) is 2. The maximum absolute atomic E-state index is 9.78. The number of aromatic hydroxyl groups is 1. The quantitative estimate of drug-likeness (QED) is 0.864. The highest BCUT2D eigenvalue weighted by molar-refractivity contribution is 5.31. The maximum atomic E-state index is 9.78. The molecule has 0 atom stereocenters. The predicted molar refractivity (Wildman–Crippen MR) is 91.3 cm³/mol. The van der Waals surface area contributed by atoms with Crippen molar-refractivity contribution in [2.45, 2.75) is 44.1 Å². The van der Waals surface area contributed by atoms with E-state index in [2.05, 4.69) is 35.6 Å². The second-order valence-electron chi connectivity index (χ2n) is 6.29. The molecule has 0 bridgehead atoms. The van der Waals surface area contributed by atoms with Gasteiger partial charge >= 0.3 is 0 Å². The van der Waals surface area contributed by atoms with E-state index in [1.165, 1.54) is 31.2 Å². The molecular weight excluding hydrogens is 270 g/mol. The number of hydrogen-bond donors (Lipinski definition) is 2. The Balaban J connectivity index is 1.42. The van der Waals surface area contributed by atoms with Gasteiger partial charge in [-0.3, -0.25) is 0 Å². The summed E-state index contributed by atoms with van der Waals surface area (Å²) in [6.07, 6.45) is 5.95. The van der Waals surface area contributed by atoms with Crippen LogP contribution in [0.4, 0.5) is 0 Å². The molecular formula is C20H25NO. The van der Waals surface area contributed by atoms with E-state index < -0.39 is 0 Å². The van der Waals surface area contributed by atoms with Gasteiger partial charge in [0.2, 0.25) is 0 Å². The summed E-state index contributed by atoms with van der Waals surface area (Å²) in [6.45, 7) is 0.943. The minimum absolute atomic E-state index is 0.414. The third kappa shape index (κ3) is 3.89. The smallest absolute Gasteiger partial charge is 0.118 e. The fourth-order valence-electron chi connectivity index (χ4n) is 3.49. The van der Waals surface area contributed by atoms with E-state index in [0.29, 0.717) is 11.8 Å². The fourth-order valence-corrected chi connectivity index (χ4v) is 3.49. The summed E-state index contributed by atoms with van der Waals surface area (Å²) in [5.41, 5.74) is 2.53. The summed E-state index contributed by atoms with van der Waals surface area (Å²) < 4.78 is 0. The number of nitrogens with one attached hydrogen (secondary N) is 1. The van der Waals surface area contributed by atoms with E-state index >= 15 is 0 Å². The first-order valence-electron chi connectivity index (χ1n) is 8.38. The van der Waals surface area contributed by atoms with Crippen LogP contribution < -0.4 is 5.32 Å². The Morgan fingerprint density at radius 3 is 2.27 bits per heavy atom. The zero-order chi connectivity index (χ0) is 15.2. The van der Waals surface area contributed by atoms with Crippen LogP contribution in [0.2, 0.25) is 0 Å². The van der Waals surface area contributed by atoms with Crippen molar-refractivity contribution in [3.05, 3.63) is 65.7 Å². The average molecular weight is 295 g/mol. The number of phenols is 1. The van der Waals surface area contributed by atoms with Crippen LogP contribution in [-0.4, -0.2) is 17.7 Å². The topological polar surface area (TPSA) is 32.3 Å². The molecule has 1 aliphatic carbocycles. The summed E-state index contributed by atoms with van der Waals surface area (Å²) in [4.78, 5) is 0. The molecule has 2 N–H and O–H groups in total. The summed E-state index contributed by atoms with van der Waals surface area (Å²) >= 11 is 0. The number of rotatable bonds is 5. The van der Waals surface area contributed by atoms with Crippen molar-refractivity contribution >= 4 is 0 Å². The van der Waals surface area contributed by atoms with Gasteiger partial charge in [-0.1, -0.05) is 48.5 Å². The lowest BCUT2D eigenvalue weighted by atomic mass is 9.82. The highest BCUT2D eigenvalue weighted by Gasteiger charge is 2.21. The summed E-state index contributed by atoms with van der Waals surface area (Å²) in [6, 6.07) is 19.2. The Kier molecular flexibility index (Phi) is 5.12. The molecule has 2 aromatic carbocycles. The van der Waals surface area contributed by atoms with E-state index in [1.54, 1.807) is 6.07 Å². The third-order valence-electron chi connectivity index (χ3n) is 4.82. The molecule has 1 saturated carbocycles. The molecule has 0 heterocycles. The highest BCUT2D eigenvalue weighted by atomic mass is 16.3. The molecule has 2 aromatic rings. The SMILES string of the molecule is Oc1ccccc1CCNC1CCC(c2ccccc2)CC1. The van der Waals surface area contributed by atoms with Crippen LogP contribution in [0.1, 0.15) is 42.7 Å². The van der Waals surface area contributed by atoms with Gasteiger partial charge in [0.15, 0.2) is 0 Å². The highest BCUT2D eigenvalue weighted by Crippen LogP contribution is 2.32. The molecule has 0 unspecified atom stereocenters. The molecule has 2 heteroatoms. The van der Waals surface area contributed by atoms with Gasteiger partial charge in [-0.25, -0.2) is 0 Å². The summed E-state index contributed by atoms with van der Waals surface area (Å²) in [5.74, 6) is 1.15. The van der Waals surface area contributed by atoms with Gasteiger partial charge < -0.3 is 10.4 Å². The molecule has 0 aromatic heterocycles. The van der Waals surface area contributed by atoms with E-state index in [-0.39, 0.29) is 0 Å². The van der Waals surface area contributed by atoms with Crippen LogP contribution in [0.25, 0.3) is 0 Å². The fraction of sp³-hybridized carbons (Fsp3) is 0.400. The zero-order valence-electron chi connectivity index (χ0n) is 13.0. The van der Waals surface area contributed by atoms with Gasteiger partial charge in [-0.15, -0.1) is 0 Å². The second-order valence-corrected chi connectivity index (χ2v) is 6.29. The predicted octanol–water partition coefficient (Wildman–Crippen LogP) is 4.25. The Morgan fingerprint density at radius 2 is 1.55 bits per heavy atom. The van der Waals surface area contributed by atoms with Crippen molar-refractivity contribution in [1.29, 1.82) is 0 Å². The lowest BCUT2D eigenvalue weighted by molar-refractivity contribution is 0.344. The first-order chi connectivity index (χ1) is 10.8. The Labute approximate surface area is 133 Å². The van der Waals surface area contributed by atoms with Gasteiger partial charge in [-0.05, 0) is 61.8 Å². The third-order valence-corrected chi connectivity index (χ3v) is 4.82.